The van der Waals surface area contributed by atoms with Gasteiger partial charge < -0.3 is 15.2 Å². The van der Waals surface area contributed by atoms with Crippen molar-refractivity contribution in [3.63, 3.8) is 0 Å². The molecule has 1 aliphatic heterocycles. The highest BCUT2D eigenvalue weighted by atomic mass is 35.5. The van der Waals surface area contributed by atoms with Crippen LogP contribution in [0.4, 0.5) is 13.2 Å². The number of nitrogens with zero attached hydrogens (tertiary/aromatic N) is 1. The van der Waals surface area contributed by atoms with Crippen molar-refractivity contribution in [1.29, 1.82) is 5.26 Å². The van der Waals surface area contributed by atoms with Crippen molar-refractivity contribution in [2.24, 2.45) is 5.92 Å². The van der Waals surface area contributed by atoms with E-state index in [0.29, 0.717) is 11.8 Å². The molecule has 0 fully saturated rings. The molecule has 6 nitrogen and oxygen atoms in total. The molecule has 3 rings (SSSR count). The number of halogens is 4. The number of hydrogen-bond donors (Lipinski definition) is 2. The van der Waals surface area contributed by atoms with Crippen LogP contribution in [-0.4, -0.2) is 41.6 Å². The van der Waals surface area contributed by atoms with Gasteiger partial charge in [0.25, 0.3) is 0 Å². The molecule has 0 spiro atoms. The van der Waals surface area contributed by atoms with Crippen LogP contribution in [0.2, 0.25) is 5.02 Å². The van der Waals surface area contributed by atoms with E-state index in [1.54, 1.807) is 6.07 Å². The van der Waals surface area contributed by atoms with Crippen molar-refractivity contribution in [1.82, 2.24) is 5.32 Å². The number of hydrogen-bond acceptors (Lipinski definition) is 8. The van der Waals surface area contributed by atoms with E-state index in [-0.39, 0.29) is 21.0 Å². The van der Waals surface area contributed by atoms with Crippen molar-refractivity contribution in [3.8, 4) is 6.07 Å². The number of aliphatic hydroxyl groups is 1. The summed E-state index contributed by atoms with van der Waals surface area (Å²) in [6.45, 7) is 0. The highest BCUT2D eigenvalue weighted by Crippen LogP contribution is 2.52. The molecule has 0 aliphatic carbocycles. The fourth-order valence-electron chi connectivity index (χ4n) is 3.51. The van der Waals surface area contributed by atoms with Crippen LogP contribution in [0.5, 0.6) is 0 Å². The van der Waals surface area contributed by atoms with Gasteiger partial charge in [0.15, 0.2) is 5.78 Å². The molecule has 2 N–H and O–H groups in total. The van der Waals surface area contributed by atoms with Crippen LogP contribution in [0.15, 0.2) is 52.4 Å². The third-order valence-corrected chi connectivity index (χ3v) is 7.26. The fraction of sp³-hybridized carbons (Fsp3) is 0.286. The molecule has 1 aromatic heterocycles. The van der Waals surface area contributed by atoms with E-state index >= 15 is 0 Å². The van der Waals surface area contributed by atoms with Gasteiger partial charge in [-0.1, -0.05) is 47.6 Å². The monoisotopic (exact) mass is 516 g/mol. The summed E-state index contributed by atoms with van der Waals surface area (Å²) in [6.07, 6.45) is -5.33. The summed E-state index contributed by atoms with van der Waals surface area (Å²) in [6, 6.07) is 10.5. The smallest absolute Gasteiger partial charge is 0.437 e. The number of carbonyl (C=O) groups excluding carboxylic acids is 2. The van der Waals surface area contributed by atoms with Gasteiger partial charge in [-0.2, -0.15) is 18.4 Å². The van der Waals surface area contributed by atoms with Crippen LogP contribution in [-0.2, 0) is 9.53 Å². The van der Waals surface area contributed by atoms with Crippen LogP contribution in [0, 0.1) is 17.2 Å². The zero-order chi connectivity index (χ0) is 24.4. The van der Waals surface area contributed by atoms with Gasteiger partial charge in [-0.3, -0.25) is 9.59 Å². The molecule has 2 heterocycles. The molecule has 1 aliphatic rings. The second kappa shape index (κ2) is 9.77. The predicted molar refractivity (Wildman–Crippen MR) is 118 cm³/mol. The summed E-state index contributed by atoms with van der Waals surface area (Å²) < 4.78 is 47.5. The van der Waals surface area contributed by atoms with Crippen molar-refractivity contribution < 1.29 is 32.6 Å². The lowest BCUT2D eigenvalue weighted by Gasteiger charge is -2.45. The molecule has 0 unspecified atom stereocenters. The van der Waals surface area contributed by atoms with E-state index in [9.17, 15) is 33.1 Å². The van der Waals surface area contributed by atoms with E-state index in [1.807, 2.05) is 11.4 Å². The number of allylic oxidation sites excluding steroid dienone is 1. The second-order valence-electron chi connectivity index (χ2n) is 6.93. The number of nitriles is 1. The maximum atomic E-state index is 14.3. The summed E-state index contributed by atoms with van der Waals surface area (Å²) >= 11 is 7.74. The molecule has 174 valence electrons. The van der Waals surface area contributed by atoms with Gasteiger partial charge in [0.05, 0.1) is 40.3 Å². The standard InChI is InChI=1S/C21H16ClF3N2O4S2/c1-31-15(28)10-33-19-12(9-26)16(11-5-2-3-6-13(11)22)17(18(29)14-7-4-8-32-14)20(30,27-19)21(23,24)25/h2-8,16-17,27,30H,10H2,1H3/t16-,17+,20+/m0/s1. The minimum atomic E-state index is -5.33. The lowest BCUT2D eigenvalue weighted by Crippen LogP contribution is -2.66. The van der Waals surface area contributed by atoms with Gasteiger partial charge in [0, 0.05) is 10.9 Å². The molecule has 1 aromatic carbocycles. The second-order valence-corrected chi connectivity index (χ2v) is 9.27. The number of alkyl halides is 3. The van der Waals surface area contributed by atoms with Crippen LogP contribution < -0.4 is 5.32 Å². The number of ether oxygens (including phenoxy) is 1. The van der Waals surface area contributed by atoms with Gasteiger partial charge in [0.2, 0.25) is 5.72 Å². The minimum absolute atomic E-state index is 0.0166. The van der Waals surface area contributed by atoms with Crippen molar-refractivity contribution in [2.45, 2.75) is 17.8 Å². The molecule has 3 atom stereocenters. The number of ketones is 1. The number of rotatable bonds is 6. The number of thioether (sulfide) groups is 1. The first-order chi connectivity index (χ1) is 15.5. The maximum absolute atomic E-state index is 14.3. The number of nitrogens with one attached hydrogen (secondary N) is 1. The molecule has 0 saturated heterocycles. The van der Waals surface area contributed by atoms with Crippen molar-refractivity contribution >= 4 is 46.5 Å². The van der Waals surface area contributed by atoms with Crippen LogP contribution in [0.25, 0.3) is 0 Å². The Kier molecular flexibility index (Phi) is 7.43. The highest BCUT2D eigenvalue weighted by Gasteiger charge is 2.66. The predicted octanol–water partition coefficient (Wildman–Crippen LogP) is 4.48. The van der Waals surface area contributed by atoms with Gasteiger partial charge in [-0.05, 0) is 23.1 Å². The molecular weight excluding hydrogens is 501 g/mol. The number of esters is 1. The van der Waals surface area contributed by atoms with Crippen molar-refractivity contribution in [3.05, 3.63) is 67.8 Å². The summed E-state index contributed by atoms with van der Waals surface area (Å²) in [5.41, 5.74) is -3.96. The van der Waals surface area contributed by atoms with E-state index in [1.165, 1.54) is 35.7 Å². The summed E-state index contributed by atoms with van der Waals surface area (Å²) in [5, 5.41) is 24.0. The largest absolute Gasteiger partial charge is 0.468 e. The SMILES string of the molecule is COC(=O)CSC1=C(C#N)[C@H](c2ccccc2Cl)[C@H](C(=O)c2cccs2)[C@@](O)(C(F)(F)F)N1. The third kappa shape index (κ3) is 4.75. The van der Waals surface area contributed by atoms with Crippen LogP contribution in [0.3, 0.4) is 0 Å². The Morgan fingerprint density at radius 1 is 1.33 bits per heavy atom. The quantitative estimate of drug-likeness (QED) is 0.431. The van der Waals surface area contributed by atoms with E-state index in [2.05, 4.69) is 4.74 Å². The number of Topliss-reactive ketones (excluding diaryl/α,β-unsaturated/α-hetero) is 1. The van der Waals surface area contributed by atoms with Crippen LogP contribution >= 0.6 is 34.7 Å². The topological polar surface area (TPSA) is 99.4 Å². The zero-order valence-corrected chi connectivity index (χ0v) is 19.2. The van der Waals surface area contributed by atoms with E-state index in [4.69, 9.17) is 11.6 Å². The molecule has 12 heteroatoms. The van der Waals surface area contributed by atoms with Gasteiger partial charge in [-0.25, -0.2) is 0 Å². The molecule has 0 amide bonds. The normalized spacial score (nSPS) is 22.9. The summed E-state index contributed by atoms with van der Waals surface area (Å²) in [5.74, 6) is -5.92. The fourth-order valence-corrected chi connectivity index (χ4v) is 5.41. The highest BCUT2D eigenvalue weighted by molar-refractivity contribution is 8.03. The molecule has 0 saturated carbocycles. The third-order valence-electron chi connectivity index (χ3n) is 5.04. The number of benzene rings is 1. The number of thiophene rings is 1. The first kappa shape index (κ1) is 25.1. The molecule has 2 aromatic rings. The minimum Gasteiger partial charge on any atom is -0.468 e. The van der Waals surface area contributed by atoms with Gasteiger partial charge >= 0.3 is 12.1 Å². The van der Waals surface area contributed by atoms with E-state index in [0.717, 1.165) is 18.4 Å². The Bertz CT molecular complexity index is 1130. The van der Waals surface area contributed by atoms with E-state index < -0.39 is 46.3 Å². The number of methoxy groups -OCH3 is 1. The molecular formula is C21H16ClF3N2O4S2. The van der Waals surface area contributed by atoms with Crippen LogP contribution in [0.1, 0.15) is 21.2 Å². The lowest BCUT2D eigenvalue weighted by molar-refractivity contribution is -0.285. The molecule has 0 radical (unpaired) electrons. The molecule has 0 bridgehead atoms. The Hall–Kier alpha value is -2.52. The Morgan fingerprint density at radius 3 is 2.58 bits per heavy atom. The van der Waals surface area contributed by atoms with Gasteiger partial charge in [-0.15, -0.1) is 11.3 Å². The summed E-state index contributed by atoms with van der Waals surface area (Å²) in [4.78, 5) is 24.9. The zero-order valence-electron chi connectivity index (χ0n) is 16.9. The summed E-state index contributed by atoms with van der Waals surface area (Å²) in [7, 11) is 1.10. The Labute approximate surface area is 200 Å². The first-order valence-electron chi connectivity index (χ1n) is 9.28. The number of carbonyl (C=O) groups is 2. The first-order valence-corrected chi connectivity index (χ1v) is 11.5. The average molecular weight is 517 g/mol. The van der Waals surface area contributed by atoms with Crippen molar-refractivity contribution in [2.75, 3.05) is 12.9 Å². The maximum Gasteiger partial charge on any atom is 0.437 e. The average Bonchev–Trinajstić information content (AvgIpc) is 3.31. The Morgan fingerprint density at radius 2 is 2.03 bits per heavy atom. The Balaban J connectivity index is 2.30. The van der Waals surface area contributed by atoms with Gasteiger partial charge in [0.1, 0.15) is 0 Å². The lowest BCUT2D eigenvalue weighted by atomic mass is 9.70. The molecule has 33 heavy (non-hydrogen) atoms.